The van der Waals surface area contributed by atoms with Crippen molar-refractivity contribution in [3.05, 3.63) is 59.7 Å². The summed E-state index contributed by atoms with van der Waals surface area (Å²) < 4.78 is 56.6. The number of amides is 6. The smallest absolute Gasteiger partial charge is 0.410 e. The number of carbonyl (C=O) groups is 4. The summed E-state index contributed by atoms with van der Waals surface area (Å²) in [7, 11) is -5.99. The lowest BCUT2D eigenvalue weighted by atomic mass is 10.1. The SMILES string of the molecule is C[C@@H]1CN(Cc2ccc(NC(=O)N3CCS(=O)(=O)CC3)cc2)C[C@H](C)N1C(=O)OC(C)(C)C.C[C@@H]1CNC[C@H](C)N1C(=O)OC(C)(C)C.O=C(Nc1ccc(CCl)cc1)N1CCS(=O)(=O)CC1. The molecule has 6 rings (SSSR count). The summed E-state index contributed by atoms with van der Waals surface area (Å²) in [4.78, 5) is 57.8. The molecule has 0 radical (unpaired) electrons. The van der Waals surface area contributed by atoms with E-state index >= 15 is 0 Å². The van der Waals surface area contributed by atoms with Crippen LogP contribution in [0.1, 0.15) is 80.4 Å². The van der Waals surface area contributed by atoms with E-state index in [-0.39, 0.29) is 97.6 Å². The summed E-state index contributed by atoms with van der Waals surface area (Å²) in [5, 5.41) is 8.86. The molecule has 4 aliphatic heterocycles. The van der Waals surface area contributed by atoms with Crippen LogP contribution < -0.4 is 16.0 Å². The third-order valence-corrected chi connectivity index (χ3v) is 14.8. The molecule has 0 aliphatic carbocycles. The number of urea groups is 2. The van der Waals surface area contributed by atoms with E-state index in [4.69, 9.17) is 21.1 Å². The maximum Gasteiger partial charge on any atom is 0.410 e. The molecule has 376 valence electrons. The van der Waals surface area contributed by atoms with Crippen molar-refractivity contribution in [3.8, 4) is 0 Å². The van der Waals surface area contributed by atoms with E-state index in [0.29, 0.717) is 17.3 Å². The predicted octanol–water partition coefficient (Wildman–Crippen LogP) is 6.07. The number of alkyl halides is 1. The van der Waals surface area contributed by atoms with Crippen molar-refractivity contribution >= 4 is 66.9 Å². The summed E-state index contributed by atoms with van der Waals surface area (Å²) in [6.07, 6.45) is -0.474. The highest BCUT2D eigenvalue weighted by atomic mass is 35.5. The third kappa shape index (κ3) is 18.2. The number of sulfone groups is 2. The van der Waals surface area contributed by atoms with E-state index in [9.17, 15) is 36.0 Å². The maximum absolute atomic E-state index is 12.6. The molecule has 21 heteroatoms. The van der Waals surface area contributed by atoms with Gasteiger partial charge in [0.05, 0.1) is 23.0 Å². The Kier molecular flexibility index (Phi) is 19.6. The fraction of sp³-hybridized carbons (Fsp3) is 0.652. The Balaban J connectivity index is 0.000000243. The number of piperazine rings is 2. The second kappa shape index (κ2) is 23.8. The van der Waals surface area contributed by atoms with Gasteiger partial charge in [0.1, 0.15) is 11.2 Å². The molecule has 0 aromatic heterocycles. The zero-order chi connectivity index (χ0) is 49.9. The molecular formula is C46H73ClN8O10S2. The van der Waals surface area contributed by atoms with E-state index in [2.05, 4.69) is 20.9 Å². The number of ether oxygens (including phenoxy) is 2. The number of nitrogens with one attached hydrogen (secondary N) is 3. The molecule has 67 heavy (non-hydrogen) atoms. The molecule has 0 saturated carbocycles. The maximum atomic E-state index is 12.6. The first-order valence-electron chi connectivity index (χ1n) is 22.9. The number of benzene rings is 2. The van der Waals surface area contributed by atoms with Gasteiger partial charge >= 0.3 is 24.2 Å². The van der Waals surface area contributed by atoms with Gasteiger partial charge in [-0.05, 0) is 105 Å². The molecule has 4 aliphatic rings. The molecule has 18 nitrogen and oxygen atoms in total. The molecule has 2 aromatic rings. The van der Waals surface area contributed by atoms with Crippen LogP contribution in [-0.4, -0.2) is 176 Å². The number of rotatable bonds is 5. The van der Waals surface area contributed by atoms with Crippen LogP contribution in [0.2, 0.25) is 0 Å². The molecule has 4 saturated heterocycles. The molecule has 6 amide bonds. The van der Waals surface area contributed by atoms with Crippen LogP contribution in [-0.2, 0) is 41.6 Å². The van der Waals surface area contributed by atoms with Gasteiger partial charge in [0.2, 0.25) is 0 Å². The lowest BCUT2D eigenvalue weighted by molar-refractivity contribution is -0.0163. The summed E-state index contributed by atoms with van der Waals surface area (Å²) in [5.41, 5.74) is 2.50. The van der Waals surface area contributed by atoms with Crippen molar-refractivity contribution in [2.24, 2.45) is 0 Å². The quantitative estimate of drug-likeness (QED) is 0.292. The number of carbonyl (C=O) groups excluding carboxylic acids is 4. The molecule has 4 fully saturated rings. The van der Waals surface area contributed by atoms with Crippen molar-refractivity contribution in [1.82, 2.24) is 29.8 Å². The van der Waals surface area contributed by atoms with Crippen LogP contribution in [0.3, 0.4) is 0 Å². The van der Waals surface area contributed by atoms with Crippen molar-refractivity contribution in [1.29, 1.82) is 0 Å². The van der Waals surface area contributed by atoms with Gasteiger partial charge in [0, 0.05) is 100 Å². The van der Waals surface area contributed by atoms with Crippen LogP contribution >= 0.6 is 11.6 Å². The van der Waals surface area contributed by atoms with Crippen LogP contribution in [0, 0.1) is 0 Å². The molecule has 4 atom stereocenters. The predicted molar refractivity (Wildman–Crippen MR) is 263 cm³/mol. The van der Waals surface area contributed by atoms with Crippen molar-refractivity contribution in [2.75, 3.05) is 86.0 Å². The van der Waals surface area contributed by atoms with E-state index < -0.39 is 30.9 Å². The van der Waals surface area contributed by atoms with Crippen molar-refractivity contribution in [3.63, 3.8) is 0 Å². The lowest BCUT2D eigenvalue weighted by Gasteiger charge is -2.44. The first-order valence-corrected chi connectivity index (χ1v) is 27.0. The second-order valence-corrected chi connectivity index (χ2v) is 24.6. The zero-order valence-corrected chi connectivity index (χ0v) is 43.2. The topological polar surface area (TPSA) is 207 Å². The molecule has 0 spiro atoms. The van der Waals surface area contributed by atoms with Gasteiger partial charge < -0.3 is 45.0 Å². The Morgan fingerprint density at radius 3 is 1.28 bits per heavy atom. The number of anilines is 2. The molecule has 0 unspecified atom stereocenters. The first-order chi connectivity index (χ1) is 31.1. The molecule has 3 N–H and O–H groups in total. The van der Waals surface area contributed by atoms with E-state index in [1.807, 2.05) is 115 Å². The lowest BCUT2D eigenvalue weighted by Crippen LogP contribution is -2.59. The van der Waals surface area contributed by atoms with Gasteiger partial charge in [-0.1, -0.05) is 24.3 Å². The molecule has 0 bridgehead atoms. The van der Waals surface area contributed by atoms with Crippen LogP contribution in [0.15, 0.2) is 48.5 Å². The molecule has 2 aromatic carbocycles. The van der Waals surface area contributed by atoms with E-state index in [0.717, 1.165) is 43.9 Å². The minimum Gasteiger partial charge on any atom is -0.444 e. The Labute approximate surface area is 403 Å². The van der Waals surface area contributed by atoms with Gasteiger partial charge in [-0.25, -0.2) is 36.0 Å². The standard InChI is InChI=1S/C23H36N4O5S.C12H15ClN2O3S.C11H22N2O2/c1-17-14-25(15-18(2)27(17)22(29)32-23(3,4)5)16-19-6-8-20(9-7-19)24-21(28)26-10-12-33(30,31)13-11-26;13-9-10-1-3-11(4-2-10)14-12(16)15-5-7-19(17,18)8-6-15;1-8-6-12-7-9(2)13(8)10(14)15-11(3,4)5/h6-9,17-18H,10-16H2,1-5H3,(H,24,28);1-4H,5-9H2,(H,14,16);8-9,12H,6-7H2,1-5H3/t17-,18+;;8-,9+. The molecular weight excluding hydrogens is 924 g/mol. The Morgan fingerprint density at radius 2 is 0.940 bits per heavy atom. The van der Waals surface area contributed by atoms with Gasteiger partial charge in [0.15, 0.2) is 19.7 Å². The second-order valence-electron chi connectivity index (χ2n) is 19.7. The Bertz CT molecular complexity index is 2150. The van der Waals surface area contributed by atoms with Gasteiger partial charge in [-0.2, -0.15) is 0 Å². The highest BCUT2D eigenvalue weighted by molar-refractivity contribution is 7.91. The monoisotopic (exact) mass is 996 g/mol. The minimum atomic E-state index is -3.02. The largest absolute Gasteiger partial charge is 0.444 e. The third-order valence-electron chi connectivity index (χ3n) is 11.3. The Hall–Kier alpha value is -4.37. The summed E-state index contributed by atoms with van der Waals surface area (Å²) >= 11 is 5.68. The van der Waals surface area contributed by atoms with Gasteiger partial charge in [0.25, 0.3) is 0 Å². The fourth-order valence-corrected chi connectivity index (χ4v) is 10.5. The summed E-state index contributed by atoms with van der Waals surface area (Å²) in [5.74, 6) is 0.518. The highest BCUT2D eigenvalue weighted by Gasteiger charge is 2.36. The minimum absolute atomic E-state index is 0.0113. The Morgan fingerprint density at radius 1 is 0.597 bits per heavy atom. The number of nitrogens with zero attached hydrogens (tertiary/aromatic N) is 5. The van der Waals surface area contributed by atoms with Gasteiger partial charge in [-0.15, -0.1) is 11.6 Å². The van der Waals surface area contributed by atoms with Crippen LogP contribution in [0.25, 0.3) is 0 Å². The van der Waals surface area contributed by atoms with E-state index in [1.165, 1.54) is 9.80 Å². The average Bonchev–Trinajstić information content (AvgIpc) is 3.20. The average molecular weight is 998 g/mol. The van der Waals surface area contributed by atoms with Crippen LogP contribution in [0.4, 0.5) is 30.6 Å². The van der Waals surface area contributed by atoms with Crippen LogP contribution in [0.5, 0.6) is 0 Å². The fourth-order valence-electron chi connectivity index (χ4n) is 7.91. The van der Waals surface area contributed by atoms with E-state index in [1.54, 1.807) is 12.1 Å². The highest BCUT2D eigenvalue weighted by Crippen LogP contribution is 2.23. The number of hydrogen-bond acceptors (Lipinski definition) is 12. The van der Waals surface area contributed by atoms with Crippen molar-refractivity contribution < 1.29 is 45.5 Å². The summed E-state index contributed by atoms with van der Waals surface area (Å²) in [6, 6.07) is 14.8. The molecule has 4 heterocycles. The first kappa shape index (κ1) is 55.2. The number of hydrogen-bond donors (Lipinski definition) is 3. The summed E-state index contributed by atoms with van der Waals surface area (Å²) in [6.45, 7) is 24.3. The number of halogens is 1. The van der Waals surface area contributed by atoms with Gasteiger partial charge in [-0.3, -0.25) is 4.90 Å². The normalized spacial score (nSPS) is 23.0. The zero-order valence-electron chi connectivity index (χ0n) is 40.8. The van der Waals surface area contributed by atoms with Crippen molar-refractivity contribution in [2.45, 2.75) is 117 Å².